The summed E-state index contributed by atoms with van der Waals surface area (Å²) in [5.41, 5.74) is 10.7. The van der Waals surface area contributed by atoms with E-state index in [0.717, 1.165) is 5.56 Å². The number of carboxylic acid groups (broad SMARTS) is 1. The van der Waals surface area contributed by atoms with Crippen LogP contribution in [0.2, 0.25) is 0 Å². The second-order valence-corrected chi connectivity index (χ2v) is 6.31. The lowest BCUT2D eigenvalue weighted by Gasteiger charge is -2.12. The zero-order valence-corrected chi connectivity index (χ0v) is 14.9. The summed E-state index contributed by atoms with van der Waals surface area (Å²) in [6.45, 7) is 0. The Morgan fingerprint density at radius 2 is 1.86 bits per heavy atom. The van der Waals surface area contributed by atoms with Gasteiger partial charge in [0, 0.05) is 28.7 Å². The smallest absolute Gasteiger partial charge is 0.335 e. The minimum Gasteiger partial charge on any atom is -0.495 e. The van der Waals surface area contributed by atoms with E-state index >= 15 is 0 Å². The maximum absolute atomic E-state index is 12.6. The van der Waals surface area contributed by atoms with E-state index in [1.165, 1.54) is 12.1 Å². The number of carbonyl (C=O) groups excluding carboxylic acids is 1. The molecule has 0 saturated heterocycles. The third-order valence-corrected chi connectivity index (χ3v) is 4.67. The molecule has 0 spiro atoms. The van der Waals surface area contributed by atoms with Gasteiger partial charge in [-0.25, -0.2) is 4.79 Å². The monoisotopic (exact) mass is 375 g/mol. The standard InChI is InChI=1S/C21H17N3O4/c1-28-17-8-9-23-16(17)10-13-19-15(24-20(13)25)7-6-14(22)18(19)11-2-4-12(5-3-11)21(26)27/h2-10,23H,22H2,1H3,(H,24,25)(H,26,27)/b13-10-. The SMILES string of the molecule is COc1cc[nH]c1/C=C1\C(=O)Nc2ccc(N)c(-c3ccc(C(=O)O)cc3)c21. The molecule has 2 heterocycles. The number of nitrogens with one attached hydrogen (secondary N) is 2. The van der Waals surface area contributed by atoms with Gasteiger partial charge in [-0.1, -0.05) is 12.1 Å². The van der Waals surface area contributed by atoms with Crippen molar-refractivity contribution < 1.29 is 19.4 Å². The lowest BCUT2D eigenvalue weighted by Crippen LogP contribution is -2.03. The summed E-state index contributed by atoms with van der Waals surface area (Å²) in [5, 5.41) is 12.0. The van der Waals surface area contributed by atoms with Crippen molar-refractivity contribution in [3.63, 3.8) is 0 Å². The van der Waals surface area contributed by atoms with E-state index in [0.29, 0.717) is 39.5 Å². The zero-order chi connectivity index (χ0) is 19.8. The molecule has 0 unspecified atom stereocenters. The second-order valence-electron chi connectivity index (χ2n) is 6.31. The molecule has 0 radical (unpaired) electrons. The number of aromatic nitrogens is 1. The van der Waals surface area contributed by atoms with Crippen molar-refractivity contribution in [2.45, 2.75) is 0 Å². The molecule has 5 N–H and O–H groups in total. The summed E-state index contributed by atoms with van der Waals surface area (Å²) >= 11 is 0. The number of nitrogens with two attached hydrogens (primary N) is 1. The molecule has 2 aromatic carbocycles. The Kier molecular flexibility index (Phi) is 4.12. The normalized spacial score (nSPS) is 14.0. The second kappa shape index (κ2) is 6.62. The van der Waals surface area contributed by atoms with Crippen LogP contribution in [0.4, 0.5) is 11.4 Å². The number of methoxy groups -OCH3 is 1. The molecule has 1 aliphatic rings. The molecule has 140 valence electrons. The third kappa shape index (κ3) is 2.79. The van der Waals surface area contributed by atoms with Gasteiger partial charge in [0.1, 0.15) is 5.75 Å². The van der Waals surface area contributed by atoms with Crippen molar-refractivity contribution in [3.8, 4) is 16.9 Å². The van der Waals surface area contributed by atoms with E-state index in [2.05, 4.69) is 10.3 Å². The number of benzene rings is 2. The quantitative estimate of drug-likeness (QED) is 0.411. The number of H-pyrrole nitrogens is 1. The van der Waals surface area contributed by atoms with Gasteiger partial charge in [0.2, 0.25) is 0 Å². The number of anilines is 2. The number of aromatic carboxylic acids is 1. The van der Waals surface area contributed by atoms with Crippen molar-refractivity contribution in [1.82, 2.24) is 4.98 Å². The molecule has 1 aliphatic heterocycles. The number of hydrogen-bond donors (Lipinski definition) is 4. The van der Waals surface area contributed by atoms with E-state index in [4.69, 9.17) is 15.6 Å². The highest BCUT2D eigenvalue weighted by atomic mass is 16.5. The minimum atomic E-state index is -1.01. The van der Waals surface area contributed by atoms with Gasteiger partial charge >= 0.3 is 5.97 Å². The minimum absolute atomic E-state index is 0.177. The van der Waals surface area contributed by atoms with Crippen molar-refractivity contribution in [2.24, 2.45) is 0 Å². The van der Waals surface area contributed by atoms with Gasteiger partial charge in [-0.05, 0) is 42.0 Å². The topological polar surface area (TPSA) is 117 Å². The third-order valence-electron chi connectivity index (χ3n) is 4.67. The van der Waals surface area contributed by atoms with Crippen LogP contribution in [-0.4, -0.2) is 29.1 Å². The maximum Gasteiger partial charge on any atom is 0.335 e. The Labute approximate surface area is 160 Å². The first-order chi connectivity index (χ1) is 13.5. The molecule has 0 fully saturated rings. The molecular formula is C21H17N3O4. The molecule has 4 rings (SSSR count). The summed E-state index contributed by atoms with van der Waals surface area (Å²) in [7, 11) is 1.56. The molecule has 0 aliphatic carbocycles. The Bertz CT molecular complexity index is 1130. The molecule has 3 aromatic rings. The predicted octanol–water partition coefficient (Wildman–Crippen LogP) is 3.46. The number of fused-ring (bicyclic) bond motifs is 1. The van der Waals surface area contributed by atoms with E-state index in [9.17, 15) is 9.59 Å². The van der Waals surface area contributed by atoms with Crippen LogP contribution < -0.4 is 15.8 Å². The van der Waals surface area contributed by atoms with Crippen LogP contribution in [0, 0.1) is 0 Å². The zero-order valence-electron chi connectivity index (χ0n) is 14.9. The van der Waals surface area contributed by atoms with Crippen LogP contribution in [0.25, 0.3) is 22.8 Å². The first-order valence-electron chi connectivity index (χ1n) is 8.50. The highest BCUT2D eigenvalue weighted by molar-refractivity contribution is 6.36. The predicted molar refractivity (Wildman–Crippen MR) is 107 cm³/mol. The van der Waals surface area contributed by atoms with Gasteiger partial charge in [-0.2, -0.15) is 0 Å². The first-order valence-corrected chi connectivity index (χ1v) is 8.50. The number of nitrogen functional groups attached to an aromatic ring is 1. The number of amides is 1. The Hall–Kier alpha value is -4.00. The van der Waals surface area contributed by atoms with Crippen molar-refractivity contribution in [2.75, 3.05) is 18.2 Å². The van der Waals surface area contributed by atoms with Crippen LogP contribution in [0.15, 0.2) is 48.7 Å². The van der Waals surface area contributed by atoms with Crippen LogP contribution in [0.3, 0.4) is 0 Å². The van der Waals surface area contributed by atoms with Crippen molar-refractivity contribution >= 4 is 34.9 Å². The van der Waals surface area contributed by atoms with E-state index < -0.39 is 5.97 Å². The summed E-state index contributed by atoms with van der Waals surface area (Å²) in [5.74, 6) is -0.639. The van der Waals surface area contributed by atoms with Gasteiger partial charge in [-0.3, -0.25) is 4.79 Å². The fraction of sp³-hybridized carbons (Fsp3) is 0.0476. The van der Waals surface area contributed by atoms with Crippen molar-refractivity contribution in [3.05, 3.63) is 65.5 Å². The highest BCUT2D eigenvalue weighted by Gasteiger charge is 2.29. The van der Waals surface area contributed by atoms with Gasteiger partial charge < -0.3 is 25.9 Å². The largest absolute Gasteiger partial charge is 0.495 e. The van der Waals surface area contributed by atoms with Crippen molar-refractivity contribution in [1.29, 1.82) is 0 Å². The number of carbonyl (C=O) groups is 2. The lowest BCUT2D eigenvalue weighted by molar-refractivity contribution is -0.110. The number of ether oxygens (including phenoxy) is 1. The molecule has 0 saturated carbocycles. The molecule has 1 aromatic heterocycles. The number of hydrogen-bond acceptors (Lipinski definition) is 4. The summed E-state index contributed by atoms with van der Waals surface area (Å²) < 4.78 is 5.31. The average molecular weight is 375 g/mol. The fourth-order valence-corrected chi connectivity index (χ4v) is 3.34. The molecule has 28 heavy (non-hydrogen) atoms. The highest BCUT2D eigenvalue weighted by Crippen LogP contribution is 2.43. The first kappa shape index (κ1) is 17.4. The number of carboxylic acids is 1. The average Bonchev–Trinajstić information content (AvgIpc) is 3.26. The number of aromatic amines is 1. The summed E-state index contributed by atoms with van der Waals surface area (Å²) in [6.07, 6.45) is 3.44. The molecule has 0 atom stereocenters. The molecule has 1 amide bonds. The van der Waals surface area contributed by atoms with E-state index in [-0.39, 0.29) is 11.5 Å². The van der Waals surface area contributed by atoms with Crippen LogP contribution in [0.1, 0.15) is 21.6 Å². The maximum atomic E-state index is 12.6. The van der Waals surface area contributed by atoms with Crippen LogP contribution in [0.5, 0.6) is 5.75 Å². The lowest BCUT2D eigenvalue weighted by atomic mass is 9.92. The Balaban J connectivity index is 1.91. The van der Waals surface area contributed by atoms with E-state index in [1.807, 2.05) is 0 Å². The molecular weight excluding hydrogens is 358 g/mol. The Morgan fingerprint density at radius 1 is 1.11 bits per heavy atom. The van der Waals surface area contributed by atoms with E-state index in [1.54, 1.807) is 49.7 Å². The molecule has 7 heteroatoms. The van der Waals surface area contributed by atoms with Gasteiger partial charge in [0.05, 0.1) is 23.9 Å². The van der Waals surface area contributed by atoms with Gasteiger partial charge in [0.15, 0.2) is 0 Å². The van der Waals surface area contributed by atoms with Crippen LogP contribution >= 0.6 is 0 Å². The fourth-order valence-electron chi connectivity index (χ4n) is 3.34. The Morgan fingerprint density at radius 3 is 2.54 bits per heavy atom. The van der Waals surface area contributed by atoms with Crippen LogP contribution in [-0.2, 0) is 4.79 Å². The molecule has 0 bridgehead atoms. The van der Waals surface area contributed by atoms with Gasteiger partial charge in [-0.15, -0.1) is 0 Å². The summed E-state index contributed by atoms with van der Waals surface area (Å²) in [6, 6.07) is 11.6. The summed E-state index contributed by atoms with van der Waals surface area (Å²) in [4.78, 5) is 26.8. The molecule has 7 nitrogen and oxygen atoms in total. The van der Waals surface area contributed by atoms with Gasteiger partial charge in [0.25, 0.3) is 5.91 Å². The number of rotatable bonds is 4.